The van der Waals surface area contributed by atoms with Crippen LogP contribution >= 0.6 is 0 Å². The maximum atomic E-state index is 12.7. The van der Waals surface area contributed by atoms with Gasteiger partial charge in [0.2, 0.25) is 0 Å². The summed E-state index contributed by atoms with van der Waals surface area (Å²) < 4.78 is 33.0. The van der Waals surface area contributed by atoms with Crippen molar-refractivity contribution in [1.29, 1.82) is 0 Å². The van der Waals surface area contributed by atoms with Gasteiger partial charge in [-0.15, -0.1) is 0 Å². The van der Waals surface area contributed by atoms with E-state index in [1.807, 2.05) is 13.0 Å². The van der Waals surface area contributed by atoms with Gasteiger partial charge in [0.1, 0.15) is 0 Å². The maximum Gasteiger partial charge on any atom is 0.262 e. The highest BCUT2D eigenvalue weighted by Gasteiger charge is 2.17. The van der Waals surface area contributed by atoms with Gasteiger partial charge in [-0.1, -0.05) is 18.2 Å². The van der Waals surface area contributed by atoms with E-state index in [9.17, 15) is 18.3 Å². The Labute approximate surface area is 181 Å². The van der Waals surface area contributed by atoms with Crippen LogP contribution in [0.25, 0.3) is 0 Å². The molecule has 0 aliphatic carbocycles. The van der Waals surface area contributed by atoms with Crippen LogP contribution in [-0.2, 0) is 16.6 Å². The average Bonchev–Trinajstić information content (AvgIpc) is 2.74. The summed E-state index contributed by atoms with van der Waals surface area (Å²) in [6.07, 6.45) is 0. The molecular weight excluding hydrogens is 416 g/mol. The van der Waals surface area contributed by atoms with E-state index in [1.165, 1.54) is 13.2 Å². The predicted octanol–water partition coefficient (Wildman–Crippen LogP) is 3.75. The van der Waals surface area contributed by atoms with Crippen molar-refractivity contribution in [2.75, 3.05) is 11.8 Å². The average molecular weight is 441 g/mol. The zero-order valence-corrected chi connectivity index (χ0v) is 18.3. The molecule has 31 heavy (non-hydrogen) atoms. The highest BCUT2D eigenvalue weighted by atomic mass is 32.2. The molecule has 162 valence electrons. The number of sulfonamides is 1. The van der Waals surface area contributed by atoms with E-state index in [0.29, 0.717) is 22.6 Å². The SMILES string of the molecule is COc1cc(CNC(=O)c2ccc(NS(=O)(=O)c3cc(C)ccc3C)cc2)ccc1O. The number of phenolic OH excluding ortho intramolecular Hbond substituents is 1. The second-order valence-corrected chi connectivity index (χ2v) is 8.79. The number of rotatable bonds is 7. The van der Waals surface area contributed by atoms with Crippen LogP contribution in [0.1, 0.15) is 27.0 Å². The van der Waals surface area contributed by atoms with Gasteiger partial charge in [0.05, 0.1) is 12.0 Å². The third-order valence-corrected chi connectivity index (χ3v) is 6.25. The molecule has 0 radical (unpaired) electrons. The van der Waals surface area contributed by atoms with Crippen molar-refractivity contribution in [3.63, 3.8) is 0 Å². The van der Waals surface area contributed by atoms with Crippen molar-refractivity contribution in [3.05, 3.63) is 82.9 Å². The zero-order chi connectivity index (χ0) is 22.6. The number of hydrogen-bond acceptors (Lipinski definition) is 5. The molecule has 0 saturated heterocycles. The molecule has 7 nitrogen and oxygen atoms in total. The lowest BCUT2D eigenvalue weighted by Crippen LogP contribution is -2.22. The van der Waals surface area contributed by atoms with Gasteiger partial charge in [-0.2, -0.15) is 0 Å². The number of carbonyl (C=O) groups is 1. The van der Waals surface area contributed by atoms with Crippen molar-refractivity contribution in [1.82, 2.24) is 5.32 Å². The first-order valence-corrected chi connectivity index (χ1v) is 11.0. The minimum absolute atomic E-state index is 0.0245. The highest BCUT2D eigenvalue weighted by Crippen LogP contribution is 2.26. The number of benzene rings is 3. The van der Waals surface area contributed by atoms with Crippen LogP contribution < -0.4 is 14.8 Å². The summed E-state index contributed by atoms with van der Waals surface area (Å²) in [7, 11) is -2.29. The van der Waals surface area contributed by atoms with E-state index >= 15 is 0 Å². The lowest BCUT2D eigenvalue weighted by Gasteiger charge is -2.12. The summed E-state index contributed by atoms with van der Waals surface area (Å²) >= 11 is 0. The van der Waals surface area contributed by atoms with Crippen molar-refractivity contribution >= 4 is 21.6 Å². The summed E-state index contributed by atoms with van der Waals surface area (Å²) in [4.78, 5) is 12.6. The van der Waals surface area contributed by atoms with E-state index in [1.54, 1.807) is 55.5 Å². The molecule has 3 aromatic rings. The van der Waals surface area contributed by atoms with Crippen LogP contribution in [0.4, 0.5) is 5.69 Å². The molecular formula is C23H24N2O5S. The molecule has 3 N–H and O–H groups in total. The second kappa shape index (κ2) is 9.09. The smallest absolute Gasteiger partial charge is 0.262 e. The first kappa shape index (κ1) is 22.2. The number of methoxy groups -OCH3 is 1. The summed E-state index contributed by atoms with van der Waals surface area (Å²) in [5.74, 6) is 0.0414. The second-order valence-electron chi connectivity index (χ2n) is 7.14. The predicted molar refractivity (Wildman–Crippen MR) is 119 cm³/mol. The zero-order valence-electron chi connectivity index (χ0n) is 17.5. The monoisotopic (exact) mass is 440 g/mol. The van der Waals surface area contributed by atoms with Gasteiger partial charge in [0.15, 0.2) is 11.5 Å². The molecule has 0 spiro atoms. The van der Waals surface area contributed by atoms with E-state index in [4.69, 9.17) is 4.74 Å². The van der Waals surface area contributed by atoms with Crippen LogP contribution in [-0.4, -0.2) is 26.5 Å². The number of phenols is 1. The Morgan fingerprint density at radius 2 is 1.71 bits per heavy atom. The van der Waals surface area contributed by atoms with Gasteiger partial charge in [-0.05, 0) is 73.0 Å². The molecule has 0 bridgehead atoms. The third kappa shape index (κ3) is 5.35. The molecule has 0 aliphatic rings. The molecule has 0 saturated carbocycles. The van der Waals surface area contributed by atoms with E-state index in [-0.39, 0.29) is 23.1 Å². The Balaban J connectivity index is 1.67. The maximum absolute atomic E-state index is 12.7. The normalized spacial score (nSPS) is 11.1. The summed E-state index contributed by atoms with van der Waals surface area (Å²) in [6.45, 7) is 3.82. The summed E-state index contributed by atoms with van der Waals surface area (Å²) in [6, 6.07) is 16.2. The first-order chi connectivity index (χ1) is 14.7. The fourth-order valence-corrected chi connectivity index (χ4v) is 4.40. The Morgan fingerprint density at radius 1 is 1.00 bits per heavy atom. The molecule has 0 fully saturated rings. The Morgan fingerprint density at radius 3 is 2.39 bits per heavy atom. The number of ether oxygens (including phenoxy) is 1. The molecule has 0 atom stereocenters. The van der Waals surface area contributed by atoms with Crippen molar-refractivity contribution in [2.45, 2.75) is 25.3 Å². The molecule has 0 aromatic heterocycles. The number of anilines is 1. The summed E-state index contributed by atoms with van der Waals surface area (Å²) in [5, 5.41) is 12.4. The van der Waals surface area contributed by atoms with Crippen molar-refractivity contribution in [3.8, 4) is 11.5 Å². The minimum atomic E-state index is -3.74. The van der Waals surface area contributed by atoms with Gasteiger partial charge < -0.3 is 15.2 Å². The Kier molecular flexibility index (Phi) is 6.50. The number of aryl methyl sites for hydroxylation is 2. The Bertz CT molecular complexity index is 1210. The van der Waals surface area contributed by atoms with E-state index < -0.39 is 10.0 Å². The third-order valence-electron chi connectivity index (χ3n) is 4.73. The van der Waals surface area contributed by atoms with Gasteiger partial charge >= 0.3 is 0 Å². The molecule has 0 heterocycles. The number of aromatic hydroxyl groups is 1. The topological polar surface area (TPSA) is 105 Å². The molecule has 3 rings (SSSR count). The van der Waals surface area contributed by atoms with Crippen LogP contribution in [0.3, 0.4) is 0 Å². The van der Waals surface area contributed by atoms with Crippen LogP contribution in [0.2, 0.25) is 0 Å². The fourth-order valence-electron chi connectivity index (χ4n) is 3.01. The number of carbonyl (C=O) groups excluding carboxylic acids is 1. The lowest BCUT2D eigenvalue weighted by molar-refractivity contribution is 0.0951. The number of amides is 1. The number of nitrogens with one attached hydrogen (secondary N) is 2. The van der Waals surface area contributed by atoms with E-state index in [0.717, 1.165) is 11.1 Å². The fraction of sp³-hybridized carbons (Fsp3) is 0.174. The lowest BCUT2D eigenvalue weighted by atomic mass is 10.1. The molecule has 1 amide bonds. The highest BCUT2D eigenvalue weighted by molar-refractivity contribution is 7.92. The minimum Gasteiger partial charge on any atom is -0.504 e. The molecule has 8 heteroatoms. The van der Waals surface area contributed by atoms with Gasteiger partial charge in [0, 0.05) is 17.8 Å². The molecule has 3 aromatic carbocycles. The first-order valence-electron chi connectivity index (χ1n) is 9.54. The van der Waals surface area contributed by atoms with Gasteiger partial charge in [-0.3, -0.25) is 9.52 Å². The van der Waals surface area contributed by atoms with Crippen LogP contribution in [0.5, 0.6) is 11.5 Å². The van der Waals surface area contributed by atoms with Gasteiger partial charge in [0.25, 0.3) is 15.9 Å². The van der Waals surface area contributed by atoms with Crippen LogP contribution in [0.15, 0.2) is 65.6 Å². The number of hydrogen-bond donors (Lipinski definition) is 3. The van der Waals surface area contributed by atoms with Crippen molar-refractivity contribution < 1.29 is 23.1 Å². The van der Waals surface area contributed by atoms with Gasteiger partial charge in [-0.25, -0.2) is 8.42 Å². The van der Waals surface area contributed by atoms with Crippen LogP contribution in [0, 0.1) is 13.8 Å². The molecule has 0 unspecified atom stereocenters. The standard InChI is InChI=1S/C23H24N2O5S/c1-15-4-5-16(2)22(12-15)31(28,29)25-19-9-7-18(8-10-19)23(27)24-14-17-6-11-20(26)21(13-17)30-3/h4-13,25-26H,14H2,1-3H3,(H,24,27). The Hall–Kier alpha value is -3.52. The quantitative estimate of drug-likeness (QED) is 0.519. The van der Waals surface area contributed by atoms with Crippen molar-refractivity contribution in [2.24, 2.45) is 0 Å². The molecule has 0 aliphatic heterocycles. The largest absolute Gasteiger partial charge is 0.504 e. The summed E-state index contributed by atoms with van der Waals surface area (Å²) in [5.41, 5.74) is 3.02. The van der Waals surface area contributed by atoms with E-state index in [2.05, 4.69) is 10.0 Å².